The summed E-state index contributed by atoms with van der Waals surface area (Å²) in [5.74, 6) is -0.735. The van der Waals surface area contributed by atoms with Gasteiger partial charge < -0.3 is 5.11 Å². The second kappa shape index (κ2) is 8.00. The maximum Gasteiger partial charge on any atom is 0.320 e. The van der Waals surface area contributed by atoms with E-state index in [9.17, 15) is 9.90 Å². The number of para-hydroxylation sites is 1. The van der Waals surface area contributed by atoms with Crippen LogP contribution in [0.5, 0.6) is 0 Å². The van der Waals surface area contributed by atoms with Crippen LogP contribution in [0.4, 0.5) is 0 Å². The number of hydrogen-bond acceptors (Lipinski definition) is 5. The molecule has 0 aliphatic carbocycles. The highest BCUT2D eigenvalue weighted by molar-refractivity contribution is 7.98. The van der Waals surface area contributed by atoms with Gasteiger partial charge in [-0.1, -0.05) is 30.7 Å². The number of thioether (sulfide) groups is 1. The van der Waals surface area contributed by atoms with Gasteiger partial charge in [-0.3, -0.25) is 9.69 Å². The first-order valence-electron chi connectivity index (χ1n) is 9.15. The maximum atomic E-state index is 11.9. The topological polar surface area (TPSA) is 53.4 Å². The van der Waals surface area contributed by atoms with E-state index in [0.29, 0.717) is 6.42 Å². The monoisotopic (exact) mass is 398 g/mol. The van der Waals surface area contributed by atoms with Crippen LogP contribution in [0.2, 0.25) is 0 Å². The molecule has 6 heteroatoms. The number of carboxylic acids is 1. The maximum absolute atomic E-state index is 11.9. The van der Waals surface area contributed by atoms with Crippen LogP contribution in [-0.4, -0.2) is 39.8 Å². The molecule has 0 saturated carbocycles. The Morgan fingerprint density at radius 3 is 2.70 bits per heavy atom. The molecule has 140 valence electrons. The van der Waals surface area contributed by atoms with E-state index in [0.717, 1.165) is 40.2 Å². The SMILES string of the molecule is CSc1ccc(C(c2nc3ccccc3s2)N2CCCCC2C(=O)O)cc1. The highest BCUT2D eigenvalue weighted by atomic mass is 32.2. The molecule has 0 bridgehead atoms. The Bertz CT molecular complexity index is 906. The highest BCUT2D eigenvalue weighted by Crippen LogP contribution is 2.38. The van der Waals surface area contributed by atoms with E-state index >= 15 is 0 Å². The Kier molecular flexibility index (Phi) is 5.48. The third-order valence-corrected chi connectivity index (χ3v) is 6.97. The predicted octanol–water partition coefficient (Wildman–Crippen LogP) is 5.05. The van der Waals surface area contributed by atoms with Crippen LogP contribution in [0.25, 0.3) is 10.2 Å². The summed E-state index contributed by atoms with van der Waals surface area (Å²) in [4.78, 5) is 20.2. The minimum atomic E-state index is -0.735. The van der Waals surface area contributed by atoms with Gasteiger partial charge in [-0.05, 0) is 48.9 Å². The third kappa shape index (κ3) is 3.74. The van der Waals surface area contributed by atoms with Gasteiger partial charge in [0, 0.05) is 11.4 Å². The third-order valence-electron chi connectivity index (χ3n) is 5.14. The van der Waals surface area contributed by atoms with Gasteiger partial charge >= 0.3 is 5.97 Å². The molecular weight excluding hydrogens is 376 g/mol. The lowest BCUT2D eigenvalue weighted by Crippen LogP contribution is -2.46. The Labute approximate surface area is 167 Å². The number of aliphatic carboxylic acids is 1. The number of rotatable bonds is 5. The lowest BCUT2D eigenvalue weighted by atomic mass is 9.96. The zero-order valence-corrected chi connectivity index (χ0v) is 16.8. The minimum Gasteiger partial charge on any atom is -0.480 e. The van der Waals surface area contributed by atoms with Gasteiger partial charge in [0.15, 0.2) is 0 Å². The molecule has 27 heavy (non-hydrogen) atoms. The number of carboxylic acid groups (broad SMARTS) is 1. The van der Waals surface area contributed by atoms with E-state index in [1.54, 1.807) is 23.1 Å². The second-order valence-electron chi connectivity index (χ2n) is 6.78. The number of nitrogens with zero attached hydrogens (tertiary/aromatic N) is 2. The first kappa shape index (κ1) is 18.5. The van der Waals surface area contributed by atoms with Crippen LogP contribution in [-0.2, 0) is 4.79 Å². The molecule has 1 fully saturated rings. The number of thiazole rings is 1. The number of hydrogen-bond donors (Lipinski definition) is 1. The van der Waals surface area contributed by atoms with Crippen LogP contribution in [0.1, 0.15) is 35.9 Å². The number of aromatic nitrogens is 1. The Hall–Kier alpha value is -1.89. The summed E-state index contributed by atoms with van der Waals surface area (Å²) in [7, 11) is 0. The second-order valence-corrected chi connectivity index (χ2v) is 8.73. The first-order valence-corrected chi connectivity index (χ1v) is 11.2. The zero-order valence-electron chi connectivity index (χ0n) is 15.2. The van der Waals surface area contributed by atoms with E-state index < -0.39 is 12.0 Å². The van der Waals surface area contributed by atoms with Crippen LogP contribution in [0, 0.1) is 0 Å². The van der Waals surface area contributed by atoms with Crippen molar-refractivity contribution in [1.29, 1.82) is 0 Å². The van der Waals surface area contributed by atoms with Crippen molar-refractivity contribution in [2.24, 2.45) is 0 Å². The summed E-state index contributed by atoms with van der Waals surface area (Å²) in [5.41, 5.74) is 2.09. The van der Waals surface area contributed by atoms with E-state index in [4.69, 9.17) is 4.98 Å². The summed E-state index contributed by atoms with van der Waals surface area (Å²) < 4.78 is 1.14. The van der Waals surface area contributed by atoms with Gasteiger partial charge in [0.05, 0.1) is 16.3 Å². The number of fused-ring (bicyclic) bond motifs is 1. The molecule has 1 saturated heterocycles. The van der Waals surface area contributed by atoms with Crippen molar-refractivity contribution in [2.75, 3.05) is 12.8 Å². The smallest absolute Gasteiger partial charge is 0.320 e. The van der Waals surface area contributed by atoms with E-state index in [1.807, 2.05) is 18.2 Å². The number of likely N-dealkylation sites (tertiary alicyclic amines) is 1. The quantitative estimate of drug-likeness (QED) is 0.610. The highest BCUT2D eigenvalue weighted by Gasteiger charge is 2.36. The molecule has 2 aromatic carbocycles. The van der Waals surface area contributed by atoms with Gasteiger partial charge in [0.2, 0.25) is 0 Å². The predicted molar refractivity (Wildman–Crippen MR) is 112 cm³/mol. The average molecular weight is 399 g/mol. The molecule has 2 atom stereocenters. The fraction of sp³-hybridized carbons (Fsp3) is 0.333. The average Bonchev–Trinajstić information content (AvgIpc) is 3.12. The molecule has 0 radical (unpaired) electrons. The van der Waals surface area contributed by atoms with E-state index in [-0.39, 0.29) is 6.04 Å². The summed E-state index contributed by atoms with van der Waals surface area (Å²) >= 11 is 3.38. The minimum absolute atomic E-state index is 0.125. The van der Waals surface area contributed by atoms with Gasteiger partial charge in [-0.25, -0.2) is 4.98 Å². The van der Waals surface area contributed by atoms with Gasteiger partial charge in [0.25, 0.3) is 0 Å². The standard InChI is InChI=1S/C21H22N2O2S2/c1-26-15-11-9-14(10-12-15)19(23-13-5-4-7-17(23)21(24)25)20-22-16-6-2-3-8-18(16)27-20/h2-3,6,8-12,17,19H,4-5,7,13H2,1H3,(H,24,25). The van der Waals surface area contributed by atoms with Crippen molar-refractivity contribution in [3.63, 3.8) is 0 Å². The van der Waals surface area contributed by atoms with Crippen molar-refractivity contribution >= 4 is 39.3 Å². The van der Waals surface area contributed by atoms with E-state index in [1.165, 1.54) is 4.90 Å². The summed E-state index contributed by atoms with van der Waals surface area (Å²) in [6, 6.07) is 16.0. The fourth-order valence-corrected chi connectivity index (χ4v) is 5.32. The summed E-state index contributed by atoms with van der Waals surface area (Å²) in [5, 5.41) is 10.8. The van der Waals surface area contributed by atoms with Crippen molar-refractivity contribution in [2.45, 2.75) is 36.2 Å². The lowest BCUT2D eigenvalue weighted by molar-refractivity contribution is -0.145. The van der Waals surface area contributed by atoms with Gasteiger partial charge in [-0.2, -0.15) is 0 Å². The molecule has 3 aromatic rings. The van der Waals surface area contributed by atoms with Crippen molar-refractivity contribution in [1.82, 2.24) is 9.88 Å². The molecule has 1 N–H and O–H groups in total. The fourth-order valence-electron chi connectivity index (χ4n) is 3.80. The Balaban J connectivity index is 1.81. The molecular formula is C21H22N2O2S2. The molecule has 0 spiro atoms. The van der Waals surface area contributed by atoms with Crippen molar-refractivity contribution in [3.8, 4) is 0 Å². The zero-order chi connectivity index (χ0) is 18.8. The molecule has 2 unspecified atom stereocenters. The molecule has 2 heterocycles. The largest absolute Gasteiger partial charge is 0.480 e. The summed E-state index contributed by atoms with van der Waals surface area (Å²) in [6.45, 7) is 0.780. The van der Waals surface area contributed by atoms with Gasteiger partial charge in [-0.15, -0.1) is 23.1 Å². The first-order chi connectivity index (χ1) is 13.2. The molecule has 1 aromatic heterocycles. The molecule has 1 aliphatic heterocycles. The van der Waals surface area contributed by atoms with Gasteiger partial charge in [0.1, 0.15) is 11.0 Å². The summed E-state index contributed by atoms with van der Waals surface area (Å²) in [6.07, 6.45) is 4.74. The molecule has 4 rings (SSSR count). The normalized spacial score (nSPS) is 19.2. The van der Waals surface area contributed by atoms with E-state index in [2.05, 4.69) is 41.5 Å². The Morgan fingerprint density at radius 1 is 1.22 bits per heavy atom. The lowest BCUT2D eigenvalue weighted by Gasteiger charge is -2.38. The van der Waals surface area contributed by atoms with Crippen molar-refractivity contribution < 1.29 is 9.90 Å². The van der Waals surface area contributed by atoms with Crippen LogP contribution in [0.3, 0.4) is 0 Å². The number of carbonyl (C=O) groups is 1. The van der Waals surface area contributed by atoms with Crippen LogP contribution >= 0.6 is 23.1 Å². The Morgan fingerprint density at radius 2 is 2.00 bits per heavy atom. The molecule has 1 aliphatic rings. The van der Waals surface area contributed by atoms with Crippen LogP contribution < -0.4 is 0 Å². The number of piperidine rings is 1. The van der Waals surface area contributed by atoms with Crippen molar-refractivity contribution in [3.05, 3.63) is 59.1 Å². The molecule has 0 amide bonds. The number of benzene rings is 2. The molecule has 4 nitrogen and oxygen atoms in total. The van der Waals surface area contributed by atoms with Crippen LogP contribution in [0.15, 0.2) is 53.4 Å².